The Morgan fingerprint density at radius 1 is 1.08 bits per heavy atom. The summed E-state index contributed by atoms with van der Waals surface area (Å²) in [6, 6.07) is 13.8. The summed E-state index contributed by atoms with van der Waals surface area (Å²) in [6.07, 6.45) is 2.10. The first-order valence-electron chi connectivity index (χ1n) is 13.1. The predicted molar refractivity (Wildman–Crippen MR) is 144 cm³/mol. The van der Waals surface area contributed by atoms with Crippen LogP contribution in [0, 0.1) is 25.2 Å². The van der Waals surface area contributed by atoms with Crippen molar-refractivity contribution >= 4 is 12.0 Å². The monoisotopic (exact) mass is 511 g/mol. The highest BCUT2D eigenvalue weighted by Gasteiger charge is 2.32. The first-order valence-corrected chi connectivity index (χ1v) is 13.1. The number of likely N-dealkylation sites (tertiary alicyclic amines) is 1. The lowest BCUT2D eigenvalue weighted by Crippen LogP contribution is -2.38. The fraction of sp³-hybridized carbons (Fsp3) is 0.400. The Hall–Kier alpha value is -4.12. The molecule has 38 heavy (non-hydrogen) atoms. The summed E-state index contributed by atoms with van der Waals surface area (Å²) in [5.41, 5.74) is 7.35. The molecule has 8 heteroatoms. The summed E-state index contributed by atoms with van der Waals surface area (Å²) in [5.74, 6) is 1.16. The number of aromatic amines is 1. The first kappa shape index (κ1) is 25.5. The second kappa shape index (κ2) is 10.3. The number of piperidine rings is 1. The van der Waals surface area contributed by atoms with E-state index in [1.807, 2.05) is 56.0 Å². The standard InChI is InChI=1S/C30H33N5O3/c1-18-15-19(2)25(29(36)34-12-9-23(10-13-34)22-7-5-21(17-31)6-8-22)16-24(18)28-32-26-11-14-35(30(37)38-4)20(3)27(26)33-28/h5-8,15-16,20,23H,9-14H2,1-4H3,(H,32,33). The smallest absolute Gasteiger partial charge is 0.410 e. The molecule has 8 nitrogen and oxygen atoms in total. The van der Waals surface area contributed by atoms with Gasteiger partial charge in [0.25, 0.3) is 5.91 Å². The number of methoxy groups -OCH3 is 1. The highest BCUT2D eigenvalue weighted by Crippen LogP contribution is 2.34. The Balaban J connectivity index is 1.35. The molecule has 1 fully saturated rings. The molecule has 0 aliphatic carbocycles. The van der Waals surface area contributed by atoms with E-state index in [1.54, 1.807) is 4.90 Å². The quantitative estimate of drug-likeness (QED) is 0.516. The molecule has 0 bridgehead atoms. The van der Waals surface area contributed by atoms with Gasteiger partial charge in [-0.3, -0.25) is 9.69 Å². The summed E-state index contributed by atoms with van der Waals surface area (Å²) in [7, 11) is 1.40. The molecule has 2 amide bonds. The van der Waals surface area contributed by atoms with Gasteiger partial charge in [-0.25, -0.2) is 9.78 Å². The van der Waals surface area contributed by atoms with E-state index < -0.39 is 0 Å². The van der Waals surface area contributed by atoms with Crippen molar-refractivity contribution < 1.29 is 14.3 Å². The molecule has 2 aliphatic heterocycles. The lowest BCUT2D eigenvalue weighted by molar-refractivity contribution is 0.0712. The number of ether oxygens (including phenoxy) is 1. The summed E-state index contributed by atoms with van der Waals surface area (Å²) in [6.45, 7) is 7.93. The minimum atomic E-state index is -0.346. The Morgan fingerprint density at radius 3 is 2.45 bits per heavy atom. The molecule has 1 aromatic heterocycles. The van der Waals surface area contributed by atoms with Gasteiger partial charge in [-0.05, 0) is 74.4 Å². The summed E-state index contributed by atoms with van der Waals surface area (Å²) < 4.78 is 4.94. The fourth-order valence-corrected chi connectivity index (χ4v) is 5.78. The van der Waals surface area contributed by atoms with Crippen LogP contribution in [0.25, 0.3) is 11.4 Å². The van der Waals surface area contributed by atoms with Crippen molar-refractivity contribution in [3.63, 3.8) is 0 Å². The first-order chi connectivity index (χ1) is 18.3. The van der Waals surface area contributed by atoms with Crippen LogP contribution in [0.3, 0.4) is 0 Å². The Bertz CT molecular complexity index is 1410. The SMILES string of the molecule is COC(=O)N1CCc2nc(-c3cc(C(=O)N4CCC(c5ccc(C#N)cc5)CC4)c(C)cc3C)[nH]c2C1C. The average molecular weight is 512 g/mol. The van der Waals surface area contributed by atoms with Crippen LogP contribution in [0.2, 0.25) is 0 Å². The number of carbonyl (C=O) groups excluding carboxylic acids is 2. The van der Waals surface area contributed by atoms with Crippen molar-refractivity contribution in [3.8, 4) is 17.5 Å². The van der Waals surface area contributed by atoms with E-state index >= 15 is 0 Å². The van der Waals surface area contributed by atoms with Crippen LogP contribution in [0.5, 0.6) is 0 Å². The van der Waals surface area contributed by atoms with Crippen LogP contribution in [0.4, 0.5) is 4.79 Å². The number of H-pyrrole nitrogens is 1. The Morgan fingerprint density at radius 2 is 1.79 bits per heavy atom. The minimum Gasteiger partial charge on any atom is -0.453 e. The number of nitriles is 1. The van der Waals surface area contributed by atoms with Crippen LogP contribution in [-0.2, 0) is 11.2 Å². The number of fused-ring (bicyclic) bond motifs is 1. The number of hydrogen-bond donors (Lipinski definition) is 1. The highest BCUT2D eigenvalue weighted by atomic mass is 16.5. The lowest BCUT2D eigenvalue weighted by atomic mass is 9.88. The van der Waals surface area contributed by atoms with E-state index in [-0.39, 0.29) is 18.0 Å². The molecule has 1 atom stereocenters. The largest absolute Gasteiger partial charge is 0.453 e. The van der Waals surface area contributed by atoms with Crippen molar-refractivity contribution in [2.75, 3.05) is 26.7 Å². The molecule has 0 radical (unpaired) electrons. The van der Waals surface area contributed by atoms with Gasteiger partial charge in [0.2, 0.25) is 0 Å². The number of benzene rings is 2. The zero-order chi connectivity index (χ0) is 27.0. The number of rotatable bonds is 3. The number of nitrogens with zero attached hydrogens (tertiary/aromatic N) is 4. The van der Waals surface area contributed by atoms with E-state index in [0.717, 1.165) is 46.7 Å². The number of amides is 2. The minimum absolute atomic E-state index is 0.0450. The topological polar surface area (TPSA) is 102 Å². The molecule has 0 spiro atoms. The number of hydrogen-bond acceptors (Lipinski definition) is 5. The summed E-state index contributed by atoms with van der Waals surface area (Å²) >= 11 is 0. The predicted octanol–water partition coefficient (Wildman–Crippen LogP) is 5.27. The second-order valence-corrected chi connectivity index (χ2v) is 10.3. The van der Waals surface area contributed by atoms with Crippen LogP contribution >= 0.6 is 0 Å². The van der Waals surface area contributed by atoms with E-state index in [0.29, 0.717) is 43.1 Å². The fourth-order valence-electron chi connectivity index (χ4n) is 5.78. The molecule has 1 N–H and O–H groups in total. The van der Waals surface area contributed by atoms with Gasteiger partial charge in [-0.15, -0.1) is 0 Å². The maximum absolute atomic E-state index is 13.6. The Labute approximate surface area is 223 Å². The van der Waals surface area contributed by atoms with E-state index in [4.69, 9.17) is 15.0 Å². The van der Waals surface area contributed by atoms with Gasteiger partial charge in [0.15, 0.2) is 0 Å². The van der Waals surface area contributed by atoms with Gasteiger partial charge in [0.1, 0.15) is 5.82 Å². The molecular formula is C30H33N5O3. The maximum atomic E-state index is 13.6. The average Bonchev–Trinajstić information content (AvgIpc) is 3.38. The molecule has 2 aromatic carbocycles. The normalized spacial score (nSPS) is 17.6. The van der Waals surface area contributed by atoms with E-state index in [9.17, 15) is 9.59 Å². The highest BCUT2D eigenvalue weighted by molar-refractivity contribution is 5.97. The zero-order valence-corrected chi connectivity index (χ0v) is 22.4. The molecule has 1 unspecified atom stereocenters. The molecule has 0 saturated carbocycles. The van der Waals surface area contributed by atoms with Crippen LogP contribution in [0.1, 0.15) is 75.7 Å². The number of aryl methyl sites for hydroxylation is 2. The molecule has 5 rings (SSSR count). The number of carbonyl (C=O) groups is 2. The van der Waals surface area contributed by atoms with Gasteiger partial charge >= 0.3 is 6.09 Å². The van der Waals surface area contributed by atoms with Crippen molar-refractivity contribution in [2.45, 2.75) is 52.0 Å². The molecular weight excluding hydrogens is 478 g/mol. The summed E-state index contributed by atoms with van der Waals surface area (Å²) in [4.78, 5) is 37.8. The number of nitrogens with one attached hydrogen (secondary N) is 1. The van der Waals surface area contributed by atoms with Gasteiger partial charge < -0.3 is 14.6 Å². The molecule has 1 saturated heterocycles. The van der Waals surface area contributed by atoms with Crippen molar-refractivity contribution in [1.29, 1.82) is 5.26 Å². The van der Waals surface area contributed by atoms with E-state index in [2.05, 4.69) is 17.1 Å². The van der Waals surface area contributed by atoms with Crippen LogP contribution in [0.15, 0.2) is 36.4 Å². The Kier molecular flexibility index (Phi) is 6.94. The maximum Gasteiger partial charge on any atom is 0.410 e. The molecule has 3 heterocycles. The van der Waals surface area contributed by atoms with Crippen molar-refractivity contribution in [1.82, 2.24) is 19.8 Å². The van der Waals surface area contributed by atoms with Gasteiger partial charge in [-0.1, -0.05) is 18.2 Å². The van der Waals surface area contributed by atoms with Gasteiger partial charge in [-0.2, -0.15) is 5.26 Å². The second-order valence-electron chi connectivity index (χ2n) is 10.3. The van der Waals surface area contributed by atoms with Crippen LogP contribution < -0.4 is 0 Å². The third-order valence-corrected chi connectivity index (χ3v) is 8.04. The lowest BCUT2D eigenvalue weighted by Gasteiger charge is -2.32. The van der Waals surface area contributed by atoms with Crippen molar-refractivity contribution in [3.05, 3.63) is 75.6 Å². The number of imidazole rings is 1. The van der Waals surface area contributed by atoms with Gasteiger partial charge in [0, 0.05) is 37.2 Å². The van der Waals surface area contributed by atoms with Crippen molar-refractivity contribution in [2.24, 2.45) is 0 Å². The zero-order valence-electron chi connectivity index (χ0n) is 22.4. The van der Waals surface area contributed by atoms with E-state index in [1.165, 1.54) is 12.7 Å². The molecule has 2 aliphatic rings. The van der Waals surface area contributed by atoms with Crippen LogP contribution in [-0.4, -0.2) is 58.5 Å². The third kappa shape index (κ3) is 4.65. The molecule has 196 valence electrons. The third-order valence-electron chi connectivity index (χ3n) is 8.04. The molecule has 3 aromatic rings. The number of aromatic nitrogens is 2. The van der Waals surface area contributed by atoms with Gasteiger partial charge in [0.05, 0.1) is 36.2 Å². The summed E-state index contributed by atoms with van der Waals surface area (Å²) in [5, 5.41) is 9.05.